The van der Waals surface area contributed by atoms with Gasteiger partial charge in [0.2, 0.25) is 11.8 Å². The number of nitrogens with one attached hydrogen (secondary N) is 1. The van der Waals surface area contributed by atoms with Crippen molar-refractivity contribution in [1.29, 1.82) is 0 Å². The van der Waals surface area contributed by atoms with Crippen molar-refractivity contribution in [3.63, 3.8) is 0 Å². The molecule has 2 amide bonds. The van der Waals surface area contributed by atoms with Crippen LogP contribution in [0.3, 0.4) is 0 Å². The molecular weight excluding hydrogens is 554 g/mol. The lowest BCUT2D eigenvalue weighted by molar-refractivity contribution is -0.142. The molecule has 3 aromatic rings. The summed E-state index contributed by atoms with van der Waals surface area (Å²) in [5.74, 6) is -2.32. The predicted octanol–water partition coefficient (Wildman–Crippen LogP) is 6.93. The summed E-state index contributed by atoms with van der Waals surface area (Å²) in [4.78, 5) is 33.6. The molecule has 1 saturated carbocycles. The summed E-state index contributed by atoms with van der Waals surface area (Å²) in [6, 6.07) is 9.10. The number of anilines is 2. The van der Waals surface area contributed by atoms with Gasteiger partial charge in [0.05, 0.1) is 0 Å². The van der Waals surface area contributed by atoms with E-state index in [0.29, 0.717) is 36.8 Å². The zero-order valence-corrected chi connectivity index (χ0v) is 25.9. The molecule has 0 spiro atoms. The number of carbonyl (C=O) groups excluding carboxylic acids is 2. The second kappa shape index (κ2) is 13.2. The first kappa shape index (κ1) is 32.0. The largest absolute Gasteiger partial charge is 0.444 e. The molecule has 1 aromatic carbocycles. The van der Waals surface area contributed by atoms with Crippen molar-refractivity contribution in [3.05, 3.63) is 42.7 Å². The Kier molecular flexibility index (Phi) is 9.82. The number of amides is 2. The van der Waals surface area contributed by atoms with Crippen molar-refractivity contribution in [1.82, 2.24) is 20.1 Å². The van der Waals surface area contributed by atoms with Crippen molar-refractivity contribution in [3.8, 4) is 11.3 Å². The third kappa shape index (κ3) is 7.74. The Morgan fingerprint density at radius 2 is 1.67 bits per heavy atom. The molecule has 2 aliphatic rings. The van der Waals surface area contributed by atoms with Crippen molar-refractivity contribution in [2.75, 3.05) is 29.9 Å². The van der Waals surface area contributed by atoms with Gasteiger partial charge in [-0.2, -0.15) is 0 Å². The maximum absolute atomic E-state index is 13.6. The van der Waals surface area contributed by atoms with E-state index in [2.05, 4.69) is 25.4 Å². The Balaban J connectivity index is 0.00000207. The molecule has 11 heteroatoms. The number of benzene rings is 1. The number of aromatic nitrogens is 3. The number of hydrogen-bond donors (Lipinski definition) is 1. The maximum atomic E-state index is 13.6. The van der Waals surface area contributed by atoms with Crippen LogP contribution in [0.25, 0.3) is 22.0 Å². The summed E-state index contributed by atoms with van der Waals surface area (Å²) in [6.45, 7) is 13.0. The summed E-state index contributed by atoms with van der Waals surface area (Å²) in [5.41, 5.74) is 1.52. The molecule has 0 bridgehead atoms. The van der Waals surface area contributed by atoms with Gasteiger partial charge in [0.25, 0.3) is 0 Å². The van der Waals surface area contributed by atoms with Crippen LogP contribution in [0, 0.1) is 5.92 Å². The first-order chi connectivity index (χ1) is 20.4. The fourth-order valence-corrected chi connectivity index (χ4v) is 5.56. The van der Waals surface area contributed by atoms with Gasteiger partial charge >= 0.3 is 6.09 Å². The highest BCUT2D eigenvalue weighted by atomic mass is 19.3. The fourth-order valence-electron chi connectivity index (χ4n) is 5.56. The predicted molar refractivity (Wildman–Crippen MR) is 164 cm³/mol. The van der Waals surface area contributed by atoms with Crippen LogP contribution in [0.4, 0.5) is 25.1 Å². The average molecular weight is 597 g/mol. The van der Waals surface area contributed by atoms with E-state index in [-0.39, 0.29) is 43.6 Å². The van der Waals surface area contributed by atoms with Crippen LogP contribution in [0.15, 0.2) is 42.7 Å². The number of nitrogens with zero attached hydrogens (tertiary/aromatic N) is 5. The van der Waals surface area contributed by atoms with Crippen LogP contribution < -0.4 is 10.2 Å². The van der Waals surface area contributed by atoms with Crippen molar-refractivity contribution in [2.24, 2.45) is 5.92 Å². The Bertz CT molecular complexity index is 1420. The van der Waals surface area contributed by atoms with Crippen LogP contribution in [0.2, 0.25) is 0 Å². The molecule has 3 heterocycles. The Hall–Kier alpha value is -3.89. The second-order valence-electron chi connectivity index (χ2n) is 12.0. The molecule has 1 aliphatic heterocycles. The zero-order chi connectivity index (χ0) is 31.4. The summed E-state index contributed by atoms with van der Waals surface area (Å²) in [7, 11) is 0. The molecule has 1 saturated heterocycles. The fraction of sp³-hybridized carbons (Fsp3) is 0.531. The molecule has 232 valence electrons. The topological polar surface area (TPSA) is 101 Å². The minimum atomic E-state index is -2.65. The molecule has 1 aliphatic carbocycles. The molecular formula is C32H42F2N6O3. The minimum Gasteiger partial charge on any atom is -0.444 e. The third-order valence-electron chi connectivity index (χ3n) is 7.64. The van der Waals surface area contributed by atoms with Crippen molar-refractivity contribution < 1.29 is 23.1 Å². The van der Waals surface area contributed by atoms with Crippen LogP contribution in [-0.4, -0.2) is 69.3 Å². The smallest absolute Gasteiger partial charge is 0.412 e. The van der Waals surface area contributed by atoms with Gasteiger partial charge in [-0.1, -0.05) is 26.0 Å². The number of hydrogen-bond acceptors (Lipinski definition) is 7. The lowest BCUT2D eigenvalue weighted by Crippen LogP contribution is -2.56. The first-order valence-corrected chi connectivity index (χ1v) is 15.0. The lowest BCUT2D eigenvalue weighted by atomic mass is 9.85. The van der Waals surface area contributed by atoms with Crippen LogP contribution in [-0.2, 0) is 9.53 Å². The van der Waals surface area contributed by atoms with E-state index in [0.717, 1.165) is 16.3 Å². The quantitative estimate of drug-likeness (QED) is 0.349. The summed E-state index contributed by atoms with van der Waals surface area (Å²) in [6.07, 6.45) is 2.99. The molecule has 2 aromatic heterocycles. The third-order valence-corrected chi connectivity index (χ3v) is 7.64. The second-order valence-corrected chi connectivity index (χ2v) is 12.0. The van der Waals surface area contributed by atoms with E-state index in [9.17, 15) is 18.4 Å². The molecule has 1 unspecified atom stereocenters. The van der Waals surface area contributed by atoms with E-state index in [1.165, 1.54) is 0 Å². The highest BCUT2D eigenvalue weighted by molar-refractivity contribution is 6.00. The number of carbonyl (C=O) groups is 2. The van der Waals surface area contributed by atoms with Gasteiger partial charge in [-0.05, 0) is 58.7 Å². The number of rotatable bonds is 4. The van der Waals surface area contributed by atoms with Gasteiger partial charge in [-0.15, -0.1) is 10.2 Å². The van der Waals surface area contributed by atoms with Gasteiger partial charge in [-0.3, -0.25) is 15.1 Å². The molecule has 1 atom stereocenters. The number of piperazine rings is 1. The molecule has 2 fully saturated rings. The van der Waals surface area contributed by atoms with Crippen LogP contribution >= 0.6 is 0 Å². The number of ether oxygens (including phenoxy) is 1. The Labute approximate surface area is 252 Å². The zero-order valence-electron chi connectivity index (χ0n) is 25.9. The molecule has 43 heavy (non-hydrogen) atoms. The van der Waals surface area contributed by atoms with Crippen LogP contribution in [0.1, 0.15) is 67.2 Å². The normalized spacial score (nSPS) is 18.9. The molecule has 0 radical (unpaired) electrons. The van der Waals surface area contributed by atoms with Crippen LogP contribution in [0.5, 0.6) is 0 Å². The summed E-state index contributed by atoms with van der Waals surface area (Å²) in [5, 5.41) is 13.6. The van der Waals surface area contributed by atoms with E-state index in [1.54, 1.807) is 45.3 Å². The Morgan fingerprint density at radius 3 is 2.30 bits per heavy atom. The molecule has 5 rings (SSSR count). The number of alkyl halides is 2. The highest BCUT2D eigenvalue weighted by Crippen LogP contribution is 2.38. The van der Waals surface area contributed by atoms with E-state index >= 15 is 0 Å². The number of fused-ring (bicyclic) bond motifs is 1. The highest BCUT2D eigenvalue weighted by Gasteiger charge is 2.40. The van der Waals surface area contributed by atoms with Gasteiger partial charge in [0, 0.05) is 78.9 Å². The summed E-state index contributed by atoms with van der Waals surface area (Å²) >= 11 is 0. The number of pyridine rings is 1. The average Bonchev–Trinajstić information content (AvgIpc) is 2.97. The van der Waals surface area contributed by atoms with E-state index < -0.39 is 17.6 Å². The van der Waals surface area contributed by atoms with Gasteiger partial charge in [0.15, 0.2) is 5.82 Å². The minimum absolute atomic E-state index is 0.0230. The van der Waals surface area contributed by atoms with Gasteiger partial charge < -0.3 is 14.5 Å². The molecule has 1 N–H and O–H groups in total. The van der Waals surface area contributed by atoms with Gasteiger partial charge in [0.1, 0.15) is 11.3 Å². The Morgan fingerprint density at radius 1 is 1.00 bits per heavy atom. The monoisotopic (exact) mass is 596 g/mol. The SMILES string of the molecule is CC.CC1CN(c2nnc(-c3ccc(NC(=O)OC(C)(C)C)cc3)c3ccncc23)CCN1C(=O)C1CCC(F)(F)CC1. The van der Waals surface area contributed by atoms with Gasteiger partial charge in [-0.25, -0.2) is 13.6 Å². The van der Waals surface area contributed by atoms with Crippen molar-refractivity contribution >= 4 is 34.3 Å². The number of halogens is 2. The van der Waals surface area contributed by atoms with E-state index in [1.807, 2.05) is 43.9 Å². The first-order valence-electron chi connectivity index (χ1n) is 15.0. The standard InChI is InChI=1S/C30H36F2N6O3.C2H6/c1-19-18-37(15-16-38(19)27(39)21-9-12-30(31,32)13-10-21)26-24-17-33-14-11-23(24)25(35-36-26)20-5-7-22(8-6-20)34-28(40)41-29(2,3)4;1-2/h5-8,11,14,17,19,21H,9-10,12-13,15-16,18H2,1-4H3,(H,34,40);1-2H3. The molecule has 9 nitrogen and oxygen atoms in total. The van der Waals surface area contributed by atoms with Crippen molar-refractivity contribution in [2.45, 2.75) is 84.8 Å². The van der Waals surface area contributed by atoms with E-state index in [4.69, 9.17) is 4.74 Å². The maximum Gasteiger partial charge on any atom is 0.412 e. The summed E-state index contributed by atoms with van der Waals surface area (Å²) < 4.78 is 32.5. The lowest BCUT2D eigenvalue weighted by Gasteiger charge is -2.42.